The zero-order valence-electron chi connectivity index (χ0n) is 15.1. The first kappa shape index (κ1) is 17.9. The molecule has 0 spiro atoms. The lowest BCUT2D eigenvalue weighted by molar-refractivity contribution is 0.385. The van der Waals surface area contributed by atoms with Crippen molar-refractivity contribution in [1.82, 2.24) is 10.3 Å². The van der Waals surface area contributed by atoms with E-state index in [2.05, 4.69) is 10.3 Å². The molecule has 5 nitrogen and oxygen atoms in total. The van der Waals surface area contributed by atoms with E-state index in [9.17, 15) is 8.42 Å². The van der Waals surface area contributed by atoms with Crippen LogP contribution in [0, 0.1) is 5.92 Å². The fourth-order valence-electron chi connectivity index (χ4n) is 3.65. The van der Waals surface area contributed by atoms with E-state index < -0.39 is 10.0 Å². The summed E-state index contributed by atoms with van der Waals surface area (Å²) in [5, 5.41) is 4.20. The predicted octanol–water partition coefficient (Wildman–Crippen LogP) is 3.43. The second-order valence-electron chi connectivity index (χ2n) is 6.92. The van der Waals surface area contributed by atoms with Crippen molar-refractivity contribution in [2.24, 2.45) is 5.92 Å². The molecule has 4 rings (SSSR count). The summed E-state index contributed by atoms with van der Waals surface area (Å²) in [5.74, 6) is 0.289. The van der Waals surface area contributed by atoms with Crippen molar-refractivity contribution in [3.8, 4) is 0 Å². The summed E-state index contributed by atoms with van der Waals surface area (Å²) < 4.78 is 28.9. The number of aromatic nitrogens is 1. The van der Waals surface area contributed by atoms with Crippen molar-refractivity contribution in [2.45, 2.75) is 17.7 Å². The third kappa shape index (κ3) is 3.68. The fourth-order valence-corrected chi connectivity index (χ4v) is 5.36. The number of rotatable bonds is 5. The molecular formula is C21H23N3O2S. The summed E-state index contributed by atoms with van der Waals surface area (Å²) in [6.07, 6.45) is 3.74. The maximum absolute atomic E-state index is 13.7. The third-order valence-electron chi connectivity index (χ3n) is 5.03. The van der Waals surface area contributed by atoms with Gasteiger partial charge in [-0.15, -0.1) is 0 Å². The van der Waals surface area contributed by atoms with Crippen LogP contribution in [0.2, 0.25) is 0 Å². The predicted molar refractivity (Wildman–Crippen MR) is 108 cm³/mol. The van der Waals surface area contributed by atoms with Gasteiger partial charge in [-0.1, -0.05) is 36.4 Å². The lowest BCUT2D eigenvalue weighted by Crippen LogP contribution is -2.41. The first-order chi connectivity index (χ1) is 13.2. The van der Waals surface area contributed by atoms with E-state index in [1.54, 1.807) is 22.6 Å². The Morgan fingerprint density at radius 3 is 2.63 bits per heavy atom. The number of pyridine rings is 1. The molecule has 1 atom stereocenters. The van der Waals surface area contributed by atoms with Gasteiger partial charge < -0.3 is 5.32 Å². The number of nitrogens with zero attached hydrogens (tertiary/aromatic N) is 2. The summed E-state index contributed by atoms with van der Waals surface area (Å²) in [5.41, 5.74) is 1.21. The molecule has 1 saturated heterocycles. The van der Waals surface area contributed by atoms with Gasteiger partial charge in [-0.3, -0.25) is 9.29 Å². The maximum Gasteiger partial charge on any atom is 0.266 e. The number of sulfonamides is 1. The third-order valence-corrected chi connectivity index (χ3v) is 6.86. The minimum Gasteiger partial charge on any atom is -0.316 e. The quantitative estimate of drug-likeness (QED) is 0.735. The molecule has 1 unspecified atom stereocenters. The monoisotopic (exact) mass is 381 g/mol. The highest BCUT2D eigenvalue weighted by Crippen LogP contribution is 2.29. The standard InChI is InChI=1S/C21H23N3O2S/c25-27(26,20-12-4-8-18-9-6-14-23-21(18)20)24(19-10-2-1-3-11-19)16-17-7-5-13-22-15-17/h1-4,6,8-12,14,17,22H,5,7,13,15-16H2. The van der Waals surface area contributed by atoms with Gasteiger partial charge in [0.15, 0.2) is 0 Å². The summed E-state index contributed by atoms with van der Waals surface area (Å²) in [6.45, 7) is 2.30. The van der Waals surface area contributed by atoms with Crippen LogP contribution in [0.15, 0.2) is 71.8 Å². The highest BCUT2D eigenvalue weighted by molar-refractivity contribution is 7.93. The van der Waals surface area contributed by atoms with Crippen LogP contribution in [0.25, 0.3) is 10.9 Å². The molecule has 27 heavy (non-hydrogen) atoms. The first-order valence-corrected chi connectivity index (χ1v) is 10.7. The van der Waals surface area contributed by atoms with Gasteiger partial charge in [0.25, 0.3) is 10.0 Å². The van der Waals surface area contributed by atoms with E-state index in [1.165, 1.54) is 0 Å². The Kier molecular flexibility index (Phi) is 5.09. The van der Waals surface area contributed by atoms with Gasteiger partial charge in [-0.2, -0.15) is 0 Å². The van der Waals surface area contributed by atoms with Gasteiger partial charge >= 0.3 is 0 Å². The molecule has 140 valence electrons. The number of nitrogens with one attached hydrogen (secondary N) is 1. The normalized spacial score (nSPS) is 17.7. The number of anilines is 1. The number of para-hydroxylation sites is 2. The topological polar surface area (TPSA) is 62.3 Å². The minimum absolute atomic E-state index is 0.258. The molecular weight excluding hydrogens is 358 g/mol. The minimum atomic E-state index is -3.74. The lowest BCUT2D eigenvalue weighted by Gasteiger charge is -2.31. The van der Waals surface area contributed by atoms with Crippen molar-refractivity contribution in [2.75, 3.05) is 23.9 Å². The molecule has 2 heterocycles. The molecule has 0 saturated carbocycles. The SMILES string of the molecule is O=S(=O)(c1cccc2cccnc12)N(CC1CCCNC1)c1ccccc1. The number of piperidine rings is 1. The van der Waals surface area contributed by atoms with Gasteiger partial charge in [-0.05, 0) is 56.1 Å². The van der Waals surface area contributed by atoms with Crippen molar-refractivity contribution >= 4 is 26.6 Å². The van der Waals surface area contributed by atoms with Crippen LogP contribution in [0.1, 0.15) is 12.8 Å². The highest BCUT2D eigenvalue weighted by atomic mass is 32.2. The van der Waals surface area contributed by atoms with Crippen molar-refractivity contribution in [1.29, 1.82) is 0 Å². The average molecular weight is 382 g/mol. The van der Waals surface area contributed by atoms with E-state index in [0.717, 1.165) is 31.3 Å². The van der Waals surface area contributed by atoms with Crippen LogP contribution in [-0.2, 0) is 10.0 Å². The van der Waals surface area contributed by atoms with Crippen LogP contribution in [0.5, 0.6) is 0 Å². The summed E-state index contributed by atoms with van der Waals surface area (Å²) in [4.78, 5) is 4.61. The summed E-state index contributed by atoms with van der Waals surface area (Å²) in [6, 6.07) is 18.4. The van der Waals surface area contributed by atoms with Gasteiger partial charge in [-0.25, -0.2) is 8.42 Å². The summed E-state index contributed by atoms with van der Waals surface area (Å²) >= 11 is 0. The number of hydrogen-bond donors (Lipinski definition) is 1. The number of fused-ring (bicyclic) bond motifs is 1. The molecule has 1 fully saturated rings. The number of hydrogen-bond acceptors (Lipinski definition) is 4. The first-order valence-electron chi connectivity index (χ1n) is 9.28. The van der Waals surface area contributed by atoms with Crippen LogP contribution < -0.4 is 9.62 Å². The van der Waals surface area contributed by atoms with E-state index in [4.69, 9.17) is 0 Å². The van der Waals surface area contributed by atoms with Crippen molar-refractivity contribution in [3.63, 3.8) is 0 Å². The zero-order valence-corrected chi connectivity index (χ0v) is 15.9. The van der Waals surface area contributed by atoms with Crippen molar-refractivity contribution in [3.05, 3.63) is 66.9 Å². The molecule has 1 aliphatic heterocycles. The molecule has 1 aliphatic rings. The maximum atomic E-state index is 13.7. The molecule has 6 heteroatoms. The summed E-state index contributed by atoms with van der Waals surface area (Å²) in [7, 11) is -3.74. The molecule has 0 aliphatic carbocycles. The Bertz CT molecular complexity index is 1010. The lowest BCUT2D eigenvalue weighted by atomic mass is 10.00. The average Bonchev–Trinajstić information content (AvgIpc) is 2.73. The number of benzene rings is 2. The van der Waals surface area contributed by atoms with Gasteiger partial charge in [0.05, 0.1) is 11.2 Å². The van der Waals surface area contributed by atoms with Crippen LogP contribution in [0.4, 0.5) is 5.69 Å². The van der Waals surface area contributed by atoms with Gasteiger partial charge in [0.1, 0.15) is 4.90 Å². The Hall–Kier alpha value is -2.44. The van der Waals surface area contributed by atoms with E-state index in [-0.39, 0.29) is 10.8 Å². The molecule has 0 bridgehead atoms. The smallest absolute Gasteiger partial charge is 0.266 e. The van der Waals surface area contributed by atoms with E-state index in [0.29, 0.717) is 17.7 Å². The Morgan fingerprint density at radius 1 is 1.04 bits per heavy atom. The Morgan fingerprint density at radius 2 is 1.85 bits per heavy atom. The fraction of sp³-hybridized carbons (Fsp3) is 0.286. The Labute approximate surface area is 160 Å². The van der Waals surface area contributed by atoms with Gasteiger partial charge in [0, 0.05) is 18.1 Å². The molecule has 3 aromatic rings. The second-order valence-corrected chi connectivity index (χ2v) is 8.75. The molecule has 0 radical (unpaired) electrons. The highest BCUT2D eigenvalue weighted by Gasteiger charge is 2.30. The largest absolute Gasteiger partial charge is 0.316 e. The van der Waals surface area contributed by atoms with Crippen LogP contribution in [-0.4, -0.2) is 33.0 Å². The second kappa shape index (κ2) is 7.66. The van der Waals surface area contributed by atoms with E-state index in [1.807, 2.05) is 48.5 Å². The van der Waals surface area contributed by atoms with Crippen LogP contribution >= 0.6 is 0 Å². The Balaban J connectivity index is 1.80. The molecule has 1 N–H and O–H groups in total. The molecule has 1 aromatic heterocycles. The van der Waals surface area contributed by atoms with Gasteiger partial charge in [0.2, 0.25) is 0 Å². The molecule has 0 amide bonds. The van der Waals surface area contributed by atoms with Crippen molar-refractivity contribution < 1.29 is 8.42 Å². The zero-order chi connectivity index (χ0) is 18.7. The molecule has 2 aromatic carbocycles. The van der Waals surface area contributed by atoms with Crippen LogP contribution in [0.3, 0.4) is 0 Å². The van der Waals surface area contributed by atoms with E-state index >= 15 is 0 Å².